The summed E-state index contributed by atoms with van der Waals surface area (Å²) in [5.41, 5.74) is 0.386. The van der Waals surface area contributed by atoms with Crippen molar-refractivity contribution in [2.45, 2.75) is 38.2 Å². The number of piperidine rings is 1. The molecule has 0 amide bonds. The van der Waals surface area contributed by atoms with Gasteiger partial charge in [0.05, 0.1) is 6.10 Å². The van der Waals surface area contributed by atoms with Crippen molar-refractivity contribution in [2.24, 2.45) is 5.41 Å². The third kappa shape index (κ3) is 2.01. The van der Waals surface area contributed by atoms with Gasteiger partial charge >= 0.3 is 0 Å². The number of aliphatic hydroxyl groups is 1. The second-order valence-electron chi connectivity index (χ2n) is 4.95. The van der Waals surface area contributed by atoms with E-state index in [1.807, 2.05) is 0 Å². The largest absolute Gasteiger partial charge is 0.392 e. The molecule has 1 atom stereocenters. The van der Waals surface area contributed by atoms with Crippen molar-refractivity contribution < 1.29 is 5.11 Å². The van der Waals surface area contributed by atoms with Crippen LogP contribution in [0.1, 0.15) is 32.1 Å². The van der Waals surface area contributed by atoms with Crippen LogP contribution in [0.2, 0.25) is 0 Å². The second-order valence-corrected chi connectivity index (χ2v) is 4.95. The summed E-state index contributed by atoms with van der Waals surface area (Å²) in [7, 11) is 0. The molecule has 0 aromatic carbocycles. The lowest BCUT2D eigenvalue weighted by Gasteiger charge is -2.44. The first-order valence-electron chi connectivity index (χ1n) is 5.78. The average molecular weight is 195 g/mol. The van der Waals surface area contributed by atoms with Gasteiger partial charge in [-0.1, -0.05) is 12.5 Å². The Morgan fingerprint density at radius 2 is 2.21 bits per heavy atom. The minimum atomic E-state index is -0.0920. The van der Waals surface area contributed by atoms with E-state index in [4.69, 9.17) is 0 Å². The molecule has 1 unspecified atom stereocenters. The Hall–Kier alpha value is -0.340. The van der Waals surface area contributed by atoms with Gasteiger partial charge in [0.25, 0.3) is 0 Å². The molecule has 2 aliphatic rings. The van der Waals surface area contributed by atoms with Crippen molar-refractivity contribution >= 4 is 0 Å². The summed E-state index contributed by atoms with van der Waals surface area (Å²) in [5.74, 6) is 0. The fourth-order valence-electron chi connectivity index (χ4n) is 2.68. The minimum Gasteiger partial charge on any atom is -0.392 e. The van der Waals surface area contributed by atoms with Gasteiger partial charge in [0, 0.05) is 18.5 Å². The maximum Gasteiger partial charge on any atom is 0.0667 e. The van der Waals surface area contributed by atoms with E-state index >= 15 is 0 Å². The Bertz CT molecular complexity index is 210. The van der Waals surface area contributed by atoms with Gasteiger partial charge in [-0.3, -0.25) is 4.90 Å². The number of β-amino-alcohol motifs (C(OH)–C–C–N with tert-alkyl or cyclic N) is 1. The summed E-state index contributed by atoms with van der Waals surface area (Å²) in [5, 5.41) is 9.57. The highest BCUT2D eigenvalue weighted by atomic mass is 16.3. The van der Waals surface area contributed by atoms with Gasteiger partial charge in [0.15, 0.2) is 0 Å². The molecule has 0 spiro atoms. The Kier molecular flexibility index (Phi) is 2.93. The number of hydrogen-bond donors (Lipinski definition) is 1. The lowest BCUT2D eigenvalue weighted by molar-refractivity contribution is 0.0343. The maximum absolute atomic E-state index is 9.57. The SMILES string of the molecule is C=CC1(CN2CCCC(O)C2)CCC1. The summed E-state index contributed by atoms with van der Waals surface area (Å²) < 4.78 is 0. The van der Waals surface area contributed by atoms with Gasteiger partial charge in [0.1, 0.15) is 0 Å². The molecule has 0 aromatic heterocycles. The molecule has 80 valence electrons. The van der Waals surface area contributed by atoms with E-state index in [9.17, 15) is 5.11 Å². The molecular formula is C12H21NO. The van der Waals surface area contributed by atoms with Crippen LogP contribution in [0.15, 0.2) is 12.7 Å². The van der Waals surface area contributed by atoms with E-state index in [-0.39, 0.29) is 6.10 Å². The van der Waals surface area contributed by atoms with Crippen LogP contribution in [0.4, 0.5) is 0 Å². The van der Waals surface area contributed by atoms with Crippen LogP contribution < -0.4 is 0 Å². The standard InChI is InChI=1S/C12H21NO/c1-2-12(6-4-7-12)10-13-8-3-5-11(14)9-13/h2,11,14H,1,3-10H2. The normalized spacial score (nSPS) is 32.2. The van der Waals surface area contributed by atoms with Crippen LogP contribution in [-0.4, -0.2) is 35.7 Å². The Balaban J connectivity index is 1.86. The first-order chi connectivity index (χ1) is 6.74. The smallest absolute Gasteiger partial charge is 0.0667 e. The third-order valence-corrected chi connectivity index (χ3v) is 3.80. The number of likely N-dealkylation sites (tertiary alicyclic amines) is 1. The monoisotopic (exact) mass is 195 g/mol. The molecule has 1 aliphatic carbocycles. The van der Waals surface area contributed by atoms with Gasteiger partial charge in [-0.25, -0.2) is 0 Å². The van der Waals surface area contributed by atoms with Gasteiger partial charge in [-0.05, 0) is 32.2 Å². The van der Waals surface area contributed by atoms with Crippen LogP contribution in [0.25, 0.3) is 0 Å². The fourth-order valence-corrected chi connectivity index (χ4v) is 2.68. The van der Waals surface area contributed by atoms with Crippen molar-refractivity contribution in [3.63, 3.8) is 0 Å². The predicted octanol–water partition coefficient (Wildman–Crippen LogP) is 1.80. The molecule has 1 saturated carbocycles. The third-order valence-electron chi connectivity index (χ3n) is 3.80. The summed E-state index contributed by atoms with van der Waals surface area (Å²) >= 11 is 0. The highest BCUT2D eigenvalue weighted by Crippen LogP contribution is 2.42. The highest BCUT2D eigenvalue weighted by molar-refractivity contribution is 5.03. The number of nitrogens with zero attached hydrogens (tertiary/aromatic N) is 1. The zero-order valence-corrected chi connectivity index (χ0v) is 8.91. The van der Waals surface area contributed by atoms with Crippen LogP contribution in [0, 0.1) is 5.41 Å². The average Bonchev–Trinajstić information content (AvgIpc) is 2.11. The summed E-state index contributed by atoms with van der Waals surface area (Å²) in [6.45, 7) is 7.10. The van der Waals surface area contributed by atoms with Crippen LogP contribution >= 0.6 is 0 Å². The molecule has 1 saturated heterocycles. The van der Waals surface area contributed by atoms with E-state index in [0.29, 0.717) is 5.41 Å². The van der Waals surface area contributed by atoms with Crippen LogP contribution in [0.5, 0.6) is 0 Å². The summed E-state index contributed by atoms with van der Waals surface area (Å²) in [6, 6.07) is 0. The predicted molar refractivity (Wildman–Crippen MR) is 58.2 cm³/mol. The molecule has 1 heterocycles. The molecule has 0 radical (unpaired) electrons. The quantitative estimate of drug-likeness (QED) is 0.694. The Labute approximate surface area is 86.6 Å². The van der Waals surface area contributed by atoms with Gasteiger partial charge in [-0.15, -0.1) is 6.58 Å². The minimum absolute atomic E-state index is 0.0920. The molecule has 1 aliphatic heterocycles. The van der Waals surface area contributed by atoms with Gasteiger partial charge < -0.3 is 5.11 Å². The summed E-state index contributed by atoms with van der Waals surface area (Å²) in [6.07, 6.45) is 8.11. The zero-order valence-electron chi connectivity index (χ0n) is 8.91. The molecule has 2 heteroatoms. The molecule has 2 fully saturated rings. The van der Waals surface area contributed by atoms with Crippen LogP contribution in [0.3, 0.4) is 0 Å². The van der Waals surface area contributed by atoms with Crippen molar-refractivity contribution in [3.05, 3.63) is 12.7 Å². The molecule has 2 nitrogen and oxygen atoms in total. The molecule has 2 rings (SSSR count). The van der Waals surface area contributed by atoms with E-state index < -0.39 is 0 Å². The number of hydrogen-bond acceptors (Lipinski definition) is 2. The zero-order chi connectivity index (χ0) is 10.0. The van der Waals surface area contributed by atoms with Crippen molar-refractivity contribution in [1.82, 2.24) is 4.90 Å². The summed E-state index contributed by atoms with van der Waals surface area (Å²) in [4.78, 5) is 2.41. The maximum atomic E-state index is 9.57. The van der Waals surface area contributed by atoms with E-state index in [0.717, 1.165) is 32.5 Å². The topological polar surface area (TPSA) is 23.5 Å². The molecule has 1 N–H and O–H groups in total. The molecule has 0 bridgehead atoms. The Morgan fingerprint density at radius 1 is 1.43 bits per heavy atom. The van der Waals surface area contributed by atoms with Crippen LogP contribution in [-0.2, 0) is 0 Å². The first kappa shape index (κ1) is 10.2. The fraction of sp³-hybridized carbons (Fsp3) is 0.833. The lowest BCUT2D eigenvalue weighted by atomic mass is 9.68. The Morgan fingerprint density at radius 3 is 2.71 bits per heavy atom. The van der Waals surface area contributed by atoms with Crippen molar-refractivity contribution in [2.75, 3.05) is 19.6 Å². The molecular weight excluding hydrogens is 174 g/mol. The first-order valence-corrected chi connectivity index (χ1v) is 5.78. The lowest BCUT2D eigenvalue weighted by Crippen LogP contribution is -2.46. The molecule has 0 aromatic rings. The van der Waals surface area contributed by atoms with Crippen molar-refractivity contribution in [1.29, 1.82) is 0 Å². The van der Waals surface area contributed by atoms with Gasteiger partial charge in [-0.2, -0.15) is 0 Å². The van der Waals surface area contributed by atoms with E-state index in [2.05, 4.69) is 17.6 Å². The highest BCUT2D eigenvalue weighted by Gasteiger charge is 2.36. The second kappa shape index (κ2) is 4.03. The molecule has 14 heavy (non-hydrogen) atoms. The van der Waals surface area contributed by atoms with E-state index in [1.165, 1.54) is 19.3 Å². The van der Waals surface area contributed by atoms with E-state index in [1.54, 1.807) is 0 Å². The van der Waals surface area contributed by atoms with Crippen molar-refractivity contribution in [3.8, 4) is 0 Å². The number of aliphatic hydroxyl groups excluding tert-OH is 1. The van der Waals surface area contributed by atoms with Gasteiger partial charge in [0.2, 0.25) is 0 Å². The number of rotatable bonds is 3.